The largest absolute Gasteiger partial charge is 0.497 e. The van der Waals surface area contributed by atoms with Crippen molar-refractivity contribution in [3.63, 3.8) is 0 Å². The van der Waals surface area contributed by atoms with E-state index in [-0.39, 0.29) is 0 Å². The Morgan fingerprint density at radius 1 is 0.818 bits per heavy atom. The Morgan fingerprint density at radius 3 is 1.95 bits per heavy atom. The lowest BCUT2D eigenvalue weighted by atomic mass is 10.1. The summed E-state index contributed by atoms with van der Waals surface area (Å²) in [7, 11) is 4.99. The van der Waals surface area contributed by atoms with E-state index in [0.717, 1.165) is 28.4 Å². The molecule has 0 aliphatic heterocycles. The Labute approximate surface area is 136 Å². The predicted molar refractivity (Wildman–Crippen MR) is 93.2 cm³/mol. The van der Waals surface area contributed by atoms with Gasteiger partial charge in [0.15, 0.2) is 0 Å². The summed E-state index contributed by atoms with van der Waals surface area (Å²) in [6.07, 6.45) is 4.12. The van der Waals surface area contributed by atoms with Crippen molar-refractivity contribution in [1.29, 1.82) is 0 Å². The molecule has 0 spiro atoms. The first-order valence-corrected chi connectivity index (χ1v) is 7.82. The van der Waals surface area contributed by atoms with Crippen LogP contribution in [0.3, 0.4) is 0 Å². The maximum absolute atomic E-state index is 5.27. The number of hydrogen-bond donors (Lipinski definition) is 0. The quantitative estimate of drug-likeness (QED) is 0.548. The van der Waals surface area contributed by atoms with Gasteiger partial charge >= 0.3 is 0 Å². The van der Waals surface area contributed by atoms with Crippen LogP contribution in [0, 0.1) is 0 Å². The third kappa shape index (κ3) is 4.83. The Balaban J connectivity index is 2.10. The van der Waals surface area contributed by atoms with Gasteiger partial charge in [-0.2, -0.15) is 0 Å². The predicted octanol–water partition coefficient (Wildman–Crippen LogP) is 4.67. The van der Waals surface area contributed by atoms with Crippen molar-refractivity contribution in [2.75, 3.05) is 21.3 Å². The molecule has 0 aliphatic carbocycles. The van der Waals surface area contributed by atoms with E-state index < -0.39 is 0 Å². The Hall–Kier alpha value is -1.91. The summed E-state index contributed by atoms with van der Waals surface area (Å²) in [6, 6.07) is 14.2. The molecule has 2 aromatic carbocycles. The summed E-state index contributed by atoms with van der Waals surface area (Å²) < 4.78 is 15.6. The summed E-state index contributed by atoms with van der Waals surface area (Å²) in [5.74, 6) is 2.42. The molecule has 0 N–H and O–H groups in total. The fourth-order valence-corrected chi connectivity index (χ4v) is 2.42. The number of methoxy groups -OCH3 is 2. The minimum atomic E-state index is 0.783. The SMILES string of the molecule is COSCc1ccc(C=Cc2cc(OC)cc(OC)c2)cc1. The van der Waals surface area contributed by atoms with Gasteiger partial charge in [0.1, 0.15) is 11.5 Å². The topological polar surface area (TPSA) is 27.7 Å². The van der Waals surface area contributed by atoms with Crippen molar-refractivity contribution < 1.29 is 13.7 Å². The summed E-state index contributed by atoms with van der Waals surface area (Å²) in [4.78, 5) is 0. The average molecular weight is 316 g/mol. The first kappa shape index (κ1) is 16.5. The molecule has 0 bridgehead atoms. The van der Waals surface area contributed by atoms with E-state index in [1.54, 1.807) is 21.3 Å². The third-order valence-electron chi connectivity index (χ3n) is 3.17. The molecule has 0 radical (unpaired) electrons. The second kappa shape index (κ2) is 8.51. The van der Waals surface area contributed by atoms with E-state index in [9.17, 15) is 0 Å². The molecular formula is C18H20O3S. The van der Waals surface area contributed by atoms with Crippen LogP contribution in [0.2, 0.25) is 0 Å². The van der Waals surface area contributed by atoms with Crippen molar-refractivity contribution in [3.8, 4) is 11.5 Å². The average Bonchev–Trinajstić information content (AvgIpc) is 2.58. The van der Waals surface area contributed by atoms with Crippen LogP contribution < -0.4 is 9.47 Å². The van der Waals surface area contributed by atoms with Crippen molar-refractivity contribution in [2.24, 2.45) is 0 Å². The lowest BCUT2D eigenvalue weighted by Gasteiger charge is -2.06. The summed E-state index contributed by atoms with van der Waals surface area (Å²) >= 11 is 1.44. The van der Waals surface area contributed by atoms with Gasteiger partial charge in [0.05, 0.1) is 21.3 Å². The van der Waals surface area contributed by atoms with Gasteiger partial charge in [-0.3, -0.25) is 0 Å². The molecule has 22 heavy (non-hydrogen) atoms. The third-order valence-corrected chi connectivity index (χ3v) is 3.85. The van der Waals surface area contributed by atoms with Crippen LogP contribution in [0.5, 0.6) is 11.5 Å². The van der Waals surface area contributed by atoms with Gasteiger partial charge in [0.25, 0.3) is 0 Å². The molecule has 0 unspecified atom stereocenters. The van der Waals surface area contributed by atoms with E-state index in [0.29, 0.717) is 0 Å². The van der Waals surface area contributed by atoms with Crippen molar-refractivity contribution >= 4 is 24.2 Å². The maximum atomic E-state index is 5.27. The van der Waals surface area contributed by atoms with Gasteiger partial charge in [-0.1, -0.05) is 36.4 Å². The van der Waals surface area contributed by atoms with Gasteiger partial charge in [0.2, 0.25) is 0 Å². The Bertz CT molecular complexity index is 598. The first-order valence-electron chi connectivity index (χ1n) is 6.91. The normalized spacial score (nSPS) is 10.9. The highest BCUT2D eigenvalue weighted by molar-refractivity contribution is 7.93. The Morgan fingerprint density at radius 2 is 1.41 bits per heavy atom. The smallest absolute Gasteiger partial charge is 0.123 e. The van der Waals surface area contributed by atoms with E-state index in [4.69, 9.17) is 13.7 Å². The van der Waals surface area contributed by atoms with E-state index >= 15 is 0 Å². The van der Waals surface area contributed by atoms with Crippen molar-refractivity contribution in [1.82, 2.24) is 0 Å². The van der Waals surface area contributed by atoms with Crippen LogP contribution in [-0.2, 0) is 9.94 Å². The van der Waals surface area contributed by atoms with Crippen LogP contribution in [-0.4, -0.2) is 21.3 Å². The molecule has 0 saturated carbocycles. The standard InChI is InChI=1S/C18H20O3S/c1-19-17-10-16(11-18(12-17)20-2)9-6-14-4-7-15(8-5-14)13-22-21-3/h4-12H,13H2,1-3H3. The van der Waals surface area contributed by atoms with Crippen molar-refractivity contribution in [2.45, 2.75) is 5.75 Å². The lowest BCUT2D eigenvalue weighted by Crippen LogP contribution is -1.88. The van der Waals surface area contributed by atoms with Crippen LogP contribution in [0.1, 0.15) is 16.7 Å². The van der Waals surface area contributed by atoms with Crippen LogP contribution in [0.4, 0.5) is 0 Å². The molecule has 2 rings (SSSR count). The van der Waals surface area contributed by atoms with Gasteiger partial charge in [-0.15, -0.1) is 0 Å². The first-order chi connectivity index (χ1) is 10.7. The van der Waals surface area contributed by atoms with Crippen LogP contribution in [0.15, 0.2) is 42.5 Å². The molecule has 2 aromatic rings. The number of ether oxygens (including phenoxy) is 2. The molecule has 0 amide bonds. The van der Waals surface area contributed by atoms with Gasteiger partial charge in [-0.25, -0.2) is 0 Å². The number of rotatable bonds is 7. The van der Waals surface area contributed by atoms with E-state index in [2.05, 4.69) is 30.3 Å². The fourth-order valence-electron chi connectivity index (χ4n) is 1.97. The highest BCUT2D eigenvalue weighted by atomic mass is 32.2. The van der Waals surface area contributed by atoms with Crippen molar-refractivity contribution in [3.05, 3.63) is 59.2 Å². The zero-order valence-electron chi connectivity index (χ0n) is 13.0. The zero-order valence-corrected chi connectivity index (χ0v) is 13.9. The highest BCUT2D eigenvalue weighted by Crippen LogP contribution is 2.24. The zero-order chi connectivity index (χ0) is 15.8. The monoisotopic (exact) mass is 316 g/mol. The van der Waals surface area contributed by atoms with Gasteiger partial charge in [0, 0.05) is 11.8 Å². The minimum absolute atomic E-state index is 0.783. The number of benzene rings is 2. The molecule has 0 atom stereocenters. The molecule has 0 heterocycles. The summed E-state index contributed by atoms with van der Waals surface area (Å²) in [6.45, 7) is 0. The molecule has 4 heteroatoms. The second-order valence-electron chi connectivity index (χ2n) is 4.65. The molecular weight excluding hydrogens is 296 g/mol. The number of hydrogen-bond acceptors (Lipinski definition) is 4. The second-order valence-corrected chi connectivity index (χ2v) is 5.51. The highest BCUT2D eigenvalue weighted by Gasteiger charge is 1.99. The molecule has 3 nitrogen and oxygen atoms in total. The molecule has 0 fully saturated rings. The summed E-state index contributed by atoms with van der Waals surface area (Å²) in [5, 5.41) is 0. The Kier molecular flexibility index (Phi) is 6.37. The van der Waals surface area contributed by atoms with Gasteiger partial charge < -0.3 is 13.7 Å². The van der Waals surface area contributed by atoms with Crippen LogP contribution in [0.25, 0.3) is 12.2 Å². The summed E-state index contributed by atoms with van der Waals surface area (Å²) in [5.41, 5.74) is 3.43. The maximum Gasteiger partial charge on any atom is 0.123 e. The lowest BCUT2D eigenvalue weighted by molar-refractivity contribution is 0.394. The van der Waals surface area contributed by atoms with E-state index in [1.165, 1.54) is 17.6 Å². The molecule has 0 saturated heterocycles. The van der Waals surface area contributed by atoms with E-state index in [1.807, 2.05) is 24.3 Å². The van der Waals surface area contributed by atoms with Crippen LogP contribution >= 0.6 is 12.0 Å². The minimum Gasteiger partial charge on any atom is -0.497 e. The molecule has 0 aromatic heterocycles. The fraction of sp³-hybridized carbons (Fsp3) is 0.222. The van der Waals surface area contributed by atoms with Gasteiger partial charge in [-0.05, 0) is 40.9 Å². The molecule has 116 valence electrons. The molecule has 0 aliphatic rings.